The van der Waals surface area contributed by atoms with Crippen LogP contribution in [0.3, 0.4) is 0 Å². The van der Waals surface area contributed by atoms with E-state index in [2.05, 4.69) is 72.7 Å². The fourth-order valence-corrected chi connectivity index (χ4v) is 3.24. The molecule has 0 unspecified atom stereocenters. The quantitative estimate of drug-likeness (QED) is 0.638. The minimum atomic E-state index is 0.298. The van der Waals surface area contributed by atoms with Crippen LogP contribution in [0.2, 0.25) is 0 Å². The number of hydrogen-bond acceptors (Lipinski definition) is 0. The van der Waals surface area contributed by atoms with Crippen molar-refractivity contribution >= 4 is 0 Å². The Bertz CT molecular complexity index is 329. The van der Waals surface area contributed by atoms with Gasteiger partial charge in [0.25, 0.3) is 0 Å². The standard InChI is InChI=1S/C17H28/c1-8-13-9-11-14(12-10-13)15(16(2,3)4)17(5,6)7/h9-12,15H,8H2,1-7H3. The second-order valence-corrected chi connectivity index (χ2v) is 7.26. The van der Waals surface area contributed by atoms with Gasteiger partial charge >= 0.3 is 0 Å². The molecule has 0 bridgehead atoms. The van der Waals surface area contributed by atoms with Crippen molar-refractivity contribution in [2.75, 3.05) is 0 Å². The lowest BCUT2D eigenvalue weighted by atomic mass is 9.63. The zero-order chi connectivity index (χ0) is 13.3. The minimum Gasteiger partial charge on any atom is -0.0613 e. The summed E-state index contributed by atoms with van der Waals surface area (Å²) in [5.41, 5.74) is 3.50. The van der Waals surface area contributed by atoms with Gasteiger partial charge < -0.3 is 0 Å². The lowest BCUT2D eigenvalue weighted by Crippen LogP contribution is -2.30. The highest BCUT2D eigenvalue weighted by Gasteiger charge is 2.35. The van der Waals surface area contributed by atoms with Crippen LogP contribution in [-0.2, 0) is 6.42 Å². The van der Waals surface area contributed by atoms with Gasteiger partial charge in [-0.25, -0.2) is 0 Å². The van der Waals surface area contributed by atoms with Crippen molar-refractivity contribution in [3.63, 3.8) is 0 Å². The number of hydrogen-bond donors (Lipinski definition) is 0. The lowest BCUT2D eigenvalue weighted by molar-refractivity contribution is 0.176. The zero-order valence-electron chi connectivity index (χ0n) is 12.6. The minimum absolute atomic E-state index is 0.298. The van der Waals surface area contributed by atoms with Crippen LogP contribution in [-0.4, -0.2) is 0 Å². The van der Waals surface area contributed by atoms with E-state index in [4.69, 9.17) is 0 Å². The highest BCUT2D eigenvalue weighted by atomic mass is 14.4. The molecule has 0 saturated carbocycles. The smallest absolute Gasteiger partial charge is 0.00646 e. The molecule has 0 aliphatic rings. The molecule has 0 amide bonds. The molecular weight excluding hydrogens is 204 g/mol. The monoisotopic (exact) mass is 232 g/mol. The third-order valence-corrected chi connectivity index (χ3v) is 3.45. The summed E-state index contributed by atoms with van der Waals surface area (Å²) in [5.74, 6) is 0.584. The summed E-state index contributed by atoms with van der Waals surface area (Å²) < 4.78 is 0. The summed E-state index contributed by atoms with van der Waals surface area (Å²) in [5, 5.41) is 0. The van der Waals surface area contributed by atoms with Gasteiger partial charge in [-0.2, -0.15) is 0 Å². The van der Waals surface area contributed by atoms with E-state index in [1.54, 1.807) is 0 Å². The molecule has 0 heterocycles. The molecule has 0 aliphatic heterocycles. The Labute approximate surface area is 107 Å². The first-order valence-electron chi connectivity index (χ1n) is 6.75. The van der Waals surface area contributed by atoms with Gasteiger partial charge in [0.1, 0.15) is 0 Å². The van der Waals surface area contributed by atoms with Gasteiger partial charge in [0, 0.05) is 0 Å². The number of rotatable bonds is 2. The van der Waals surface area contributed by atoms with Crippen LogP contribution in [0.5, 0.6) is 0 Å². The van der Waals surface area contributed by atoms with Gasteiger partial charge in [-0.3, -0.25) is 0 Å². The summed E-state index contributed by atoms with van der Waals surface area (Å²) >= 11 is 0. The van der Waals surface area contributed by atoms with E-state index in [9.17, 15) is 0 Å². The van der Waals surface area contributed by atoms with Crippen molar-refractivity contribution < 1.29 is 0 Å². The molecule has 96 valence electrons. The van der Waals surface area contributed by atoms with Crippen molar-refractivity contribution in [2.45, 2.75) is 60.8 Å². The highest BCUT2D eigenvalue weighted by molar-refractivity contribution is 5.28. The summed E-state index contributed by atoms with van der Waals surface area (Å²) in [4.78, 5) is 0. The van der Waals surface area contributed by atoms with Crippen LogP contribution in [0, 0.1) is 10.8 Å². The molecule has 1 aromatic carbocycles. The molecule has 0 saturated heterocycles. The topological polar surface area (TPSA) is 0 Å². The van der Waals surface area contributed by atoms with E-state index in [0.29, 0.717) is 16.7 Å². The SMILES string of the molecule is CCc1ccc(C(C(C)(C)C)C(C)(C)C)cc1. The first-order chi connectivity index (χ1) is 7.66. The average Bonchev–Trinajstić information content (AvgIpc) is 2.14. The Morgan fingerprint density at radius 3 is 1.53 bits per heavy atom. The van der Waals surface area contributed by atoms with E-state index in [-0.39, 0.29) is 0 Å². The highest BCUT2D eigenvalue weighted by Crippen LogP contribution is 2.47. The molecule has 0 spiro atoms. The Hall–Kier alpha value is -0.780. The van der Waals surface area contributed by atoms with E-state index < -0.39 is 0 Å². The Morgan fingerprint density at radius 2 is 1.24 bits per heavy atom. The molecule has 0 aliphatic carbocycles. The summed E-state index contributed by atoms with van der Waals surface area (Å²) in [6.45, 7) is 16.3. The van der Waals surface area contributed by atoms with Crippen molar-refractivity contribution in [3.8, 4) is 0 Å². The molecule has 1 rings (SSSR count). The fourth-order valence-electron chi connectivity index (χ4n) is 3.24. The van der Waals surface area contributed by atoms with Crippen LogP contribution in [0.25, 0.3) is 0 Å². The molecule has 0 heteroatoms. The molecule has 0 radical (unpaired) electrons. The average molecular weight is 232 g/mol. The maximum Gasteiger partial charge on any atom is -0.00646 e. The Balaban J connectivity index is 3.14. The van der Waals surface area contributed by atoms with Gasteiger partial charge in [0.2, 0.25) is 0 Å². The molecule has 0 N–H and O–H groups in total. The number of aryl methyl sites for hydroxylation is 1. The molecule has 0 aromatic heterocycles. The van der Waals surface area contributed by atoms with Crippen molar-refractivity contribution in [3.05, 3.63) is 35.4 Å². The van der Waals surface area contributed by atoms with Crippen molar-refractivity contribution in [1.29, 1.82) is 0 Å². The molecule has 0 atom stereocenters. The predicted molar refractivity (Wildman–Crippen MR) is 77.5 cm³/mol. The largest absolute Gasteiger partial charge is 0.0613 e. The molecule has 17 heavy (non-hydrogen) atoms. The van der Waals surface area contributed by atoms with Crippen LogP contribution in [0.4, 0.5) is 0 Å². The van der Waals surface area contributed by atoms with Crippen molar-refractivity contribution in [2.24, 2.45) is 10.8 Å². The summed E-state index contributed by atoms with van der Waals surface area (Å²) in [6, 6.07) is 9.19. The Morgan fingerprint density at radius 1 is 0.824 bits per heavy atom. The molecule has 1 aromatic rings. The van der Waals surface area contributed by atoms with E-state index in [0.717, 1.165) is 6.42 Å². The van der Waals surface area contributed by atoms with E-state index >= 15 is 0 Å². The van der Waals surface area contributed by atoms with Gasteiger partial charge in [-0.1, -0.05) is 72.7 Å². The number of benzene rings is 1. The fraction of sp³-hybridized carbons (Fsp3) is 0.647. The second kappa shape index (κ2) is 4.84. The molecular formula is C17H28. The van der Waals surface area contributed by atoms with Gasteiger partial charge in [-0.05, 0) is 34.3 Å². The summed E-state index contributed by atoms with van der Waals surface area (Å²) in [6.07, 6.45) is 1.12. The van der Waals surface area contributed by atoms with E-state index in [1.165, 1.54) is 11.1 Å². The predicted octanol–water partition coefficient (Wildman–Crippen LogP) is 5.42. The zero-order valence-corrected chi connectivity index (χ0v) is 12.6. The normalized spacial score (nSPS) is 13.2. The van der Waals surface area contributed by atoms with Crippen LogP contribution < -0.4 is 0 Å². The molecule has 0 fully saturated rings. The lowest BCUT2D eigenvalue weighted by Gasteiger charge is -2.41. The van der Waals surface area contributed by atoms with Gasteiger partial charge in [0.15, 0.2) is 0 Å². The molecule has 0 nitrogen and oxygen atoms in total. The van der Waals surface area contributed by atoms with Crippen LogP contribution in [0.1, 0.15) is 65.5 Å². The van der Waals surface area contributed by atoms with Crippen LogP contribution >= 0.6 is 0 Å². The first kappa shape index (κ1) is 14.3. The van der Waals surface area contributed by atoms with Gasteiger partial charge in [-0.15, -0.1) is 0 Å². The third-order valence-electron chi connectivity index (χ3n) is 3.45. The van der Waals surface area contributed by atoms with Crippen LogP contribution in [0.15, 0.2) is 24.3 Å². The van der Waals surface area contributed by atoms with Gasteiger partial charge in [0.05, 0.1) is 0 Å². The Kier molecular flexibility index (Phi) is 4.06. The maximum atomic E-state index is 2.34. The maximum absolute atomic E-state index is 2.34. The first-order valence-corrected chi connectivity index (χ1v) is 6.75. The van der Waals surface area contributed by atoms with Crippen molar-refractivity contribution in [1.82, 2.24) is 0 Å². The van der Waals surface area contributed by atoms with E-state index in [1.807, 2.05) is 0 Å². The second-order valence-electron chi connectivity index (χ2n) is 7.26. The third kappa shape index (κ3) is 3.59. The summed E-state index contributed by atoms with van der Waals surface area (Å²) in [7, 11) is 0.